The van der Waals surface area contributed by atoms with Gasteiger partial charge in [-0.25, -0.2) is 4.99 Å². The zero-order valence-corrected chi connectivity index (χ0v) is 17.2. The normalized spacial score (nSPS) is 21.9. The summed E-state index contributed by atoms with van der Waals surface area (Å²) in [5.74, 6) is 1.58. The van der Waals surface area contributed by atoms with Crippen molar-refractivity contribution in [3.8, 4) is 0 Å². The van der Waals surface area contributed by atoms with E-state index in [4.69, 9.17) is 11.6 Å². The molecule has 1 aliphatic heterocycles. The molecule has 3 nitrogen and oxygen atoms in total. The first-order valence-electron chi connectivity index (χ1n) is 9.41. The highest BCUT2D eigenvalue weighted by molar-refractivity contribution is 6.29. The lowest BCUT2D eigenvalue weighted by Crippen LogP contribution is -2.40. The van der Waals surface area contributed by atoms with Crippen LogP contribution in [0.15, 0.2) is 28.0 Å². The Morgan fingerprint density at radius 3 is 2.67 bits per heavy atom. The highest BCUT2D eigenvalue weighted by Crippen LogP contribution is 2.29. The molecule has 2 unspecified atom stereocenters. The molecule has 1 heterocycles. The van der Waals surface area contributed by atoms with Gasteiger partial charge in [-0.2, -0.15) is 0 Å². The number of aliphatic imine (C=N–C) groups is 1. The van der Waals surface area contributed by atoms with Gasteiger partial charge in [-0.05, 0) is 58.8 Å². The molecule has 0 N–H and O–H groups in total. The van der Waals surface area contributed by atoms with Gasteiger partial charge in [-0.3, -0.25) is 0 Å². The van der Waals surface area contributed by atoms with Crippen LogP contribution in [0, 0.1) is 5.92 Å². The Hall–Kier alpha value is -0.960. The quantitative estimate of drug-likeness (QED) is 0.436. The molecular weight excluding hydrogens is 318 g/mol. The van der Waals surface area contributed by atoms with E-state index in [1.165, 1.54) is 37.9 Å². The van der Waals surface area contributed by atoms with Gasteiger partial charge in [0, 0.05) is 43.1 Å². The topological polar surface area (TPSA) is 18.8 Å². The maximum Gasteiger partial charge on any atom is 0.101 e. The first-order chi connectivity index (χ1) is 11.4. The van der Waals surface area contributed by atoms with Crippen molar-refractivity contribution in [1.82, 2.24) is 9.80 Å². The van der Waals surface area contributed by atoms with Crippen molar-refractivity contribution in [3.05, 3.63) is 23.0 Å². The van der Waals surface area contributed by atoms with Gasteiger partial charge in [-0.1, -0.05) is 31.5 Å². The molecule has 4 heteroatoms. The minimum absolute atomic E-state index is 0.572. The predicted octanol–water partition coefficient (Wildman–Crippen LogP) is 5.63. The van der Waals surface area contributed by atoms with E-state index in [9.17, 15) is 0 Å². The summed E-state index contributed by atoms with van der Waals surface area (Å²) in [5, 5.41) is 0.711. The lowest BCUT2D eigenvalue weighted by molar-refractivity contribution is 0.168. The standard InChI is InChI=1S/C20H36ClN3/c1-7-19-11-9-10-13-24(19)20(8-2)16(3)12-14-23(6)18(5)22-15-17(4)21/h8,15-16,19H,7,9-14H2,1-6H3. The molecule has 0 spiro atoms. The van der Waals surface area contributed by atoms with Crippen LogP contribution < -0.4 is 0 Å². The van der Waals surface area contributed by atoms with E-state index in [2.05, 4.69) is 48.7 Å². The van der Waals surface area contributed by atoms with Crippen LogP contribution in [0.4, 0.5) is 0 Å². The second kappa shape index (κ2) is 10.8. The zero-order valence-electron chi connectivity index (χ0n) is 16.5. The van der Waals surface area contributed by atoms with Crippen molar-refractivity contribution >= 4 is 17.4 Å². The summed E-state index contributed by atoms with van der Waals surface area (Å²) in [6.07, 6.45) is 10.5. The SMILES string of the molecule is CC=C(C(C)CCN(C)C(C)=NC=C(C)Cl)N1CCCCC1CC. The Labute approximate surface area is 154 Å². The van der Waals surface area contributed by atoms with Crippen molar-refractivity contribution in [2.75, 3.05) is 20.1 Å². The van der Waals surface area contributed by atoms with Gasteiger partial charge in [-0.15, -0.1) is 0 Å². The fourth-order valence-electron chi connectivity index (χ4n) is 3.48. The third kappa shape index (κ3) is 6.51. The number of nitrogens with zero attached hydrogens (tertiary/aromatic N) is 3. The van der Waals surface area contributed by atoms with Crippen molar-refractivity contribution < 1.29 is 0 Å². The number of rotatable bonds is 7. The number of likely N-dealkylation sites (tertiary alicyclic amines) is 1. The maximum absolute atomic E-state index is 5.85. The van der Waals surface area contributed by atoms with Crippen LogP contribution in [-0.2, 0) is 0 Å². The van der Waals surface area contributed by atoms with Crippen molar-refractivity contribution in [3.63, 3.8) is 0 Å². The van der Waals surface area contributed by atoms with E-state index >= 15 is 0 Å². The Balaban J connectivity index is 2.63. The molecule has 0 radical (unpaired) electrons. The monoisotopic (exact) mass is 353 g/mol. The Bertz CT molecular complexity index is 464. The molecule has 1 fully saturated rings. The van der Waals surface area contributed by atoms with E-state index in [0.29, 0.717) is 11.0 Å². The van der Waals surface area contributed by atoms with Crippen LogP contribution in [0.25, 0.3) is 0 Å². The fraction of sp³-hybridized carbons (Fsp3) is 0.750. The van der Waals surface area contributed by atoms with Crippen LogP contribution in [0.5, 0.6) is 0 Å². The predicted molar refractivity (Wildman–Crippen MR) is 108 cm³/mol. The molecule has 0 amide bonds. The lowest BCUT2D eigenvalue weighted by atomic mass is 9.94. The van der Waals surface area contributed by atoms with Crippen LogP contribution in [0.2, 0.25) is 0 Å². The molecule has 0 aliphatic carbocycles. The van der Waals surface area contributed by atoms with Gasteiger partial charge in [0.15, 0.2) is 0 Å². The number of amidine groups is 1. The molecule has 0 aromatic rings. The first-order valence-corrected chi connectivity index (χ1v) is 9.79. The maximum atomic E-state index is 5.85. The van der Waals surface area contributed by atoms with Gasteiger partial charge in [0.25, 0.3) is 0 Å². The van der Waals surface area contributed by atoms with Crippen molar-refractivity contribution in [2.45, 2.75) is 72.8 Å². The lowest BCUT2D eigenvalue weighted by Gasteiger charge is -2.41. The molecule has 0 aromatic heterocycles. The summed E-state index contributed by atoms with van der Waals surface area (Å²) in [7, 11) is 2.11. The van der Waals surface area contributed by atoms with Gasteiger partial charge < -0.3 is 9.80 Å². The molecule has 0 bridgehead atoms. The second-order valence-corrected chi connectivity index (χ2v) is 7.56. The largest absolute Gasteiger partial charge is 0.372 e. The van der Waals surface area contributed by atoms with E-state index in [1.807, 2.05) is 13.8 Å². The van der Waals surface area contributed by atoms with Gasteiger partial charge in [0.2, 0.25) is 0 Å². The third-order valence-electron chi connectivity index (χ3n) is 5.11. The summed E-state index contributed by atoms with van der Waals surface area (Å²) in [5.41, 5.74) is 1.53. The summed E-state index contributed by atoms with van der Waals surface area (Å²) >= 11 is 5.85. The van der Waals surface area contributed by atoms with Crippen LogP contribution in [0.3, 0.4) is 0 Å². The van der Waals surface area contributed by atoms with E-state index < -0.39 is 0 Å². The highest BCUT2D eigenvalue weighted by Gasteiger charge is 2.25. The number of hydrogen-bond acceptors (Lipinski definition) is 2. The Morgan fingerprint density at radius 1 is 1.38 bits per heavy atom. The molecule has 0 aromatic carbocycles. The molecule has 2 atom stereocenters. The first kappa shape index (κ1) is 21.1. The molecular formula is C20H36ClN3. The fourth-order valence-corrected chi connectivity index (χ4v) is 3.53. The Kier molecular flexibility index (Phi) is 9.50. The highest BCUT2D eigenvalue weighted by atomic mass is 35.5. The van der Waals surface area contributed by atoms with Gasteiger partial charge in [0.05, 0.1) is 0 Å². The second-order valence-electron chi connectivity index (χ2n) is 6.97. The van der Waals surface area contributed by atoms with Crippen LogP contribution in [-0.4, -0.2) is 41.8 Å². The number of piperidine rings is 1. The zero-order chi connectivity index (χ0) is 18.1. The van der Waals surface area contributed by atoms with Crippen LogP contribution >= 0.6 is 11.6 Å². The van der Waals surface area contributed by atoms with Gasteiger partial charge in [0.1, 0.15) is 5.84 Å². The number of hydrogen-bond donors (Lipinski definition) is 0. The minimum Gasteiger partial charge on any atom is -0.372 e. The molecule has 1 aliphatic rings. The van der Waals surface area contributed by atoms with Crippen LogP contribution in [0.1, 0.15) is 66.7 Å². The van der Waals surface area contributed by atoms with Gasteiger partial charge >= 0.3 is 0 Å². The summed E-state index contributed by atoms with van der Waals surface area (Å²) in [4.78, 5) is 9.30. The average molecular weight is 354 g/mol. The third-order valence-corrected chi connectivity index (χ3v) is 5.21. The smallest absolute Gasteiger partial charge is 0.101 e. The van der Waals surface area contributed by atoms with Crippen molar-refractivity contribution in [1.29, 1.82) is 0 Å². The average Bonchev–Trinajstić information content (AvgIpc) is 2.58. The van der Waals surface area contributed by atoms with E-state index in [0.717, 1.165) is 24.8 Å². The summed E-state index contributed by atoms with van der Waals surface area (Å²) in [6, 6.07) is 0.727. The summed E-state index contributed by atoms with van der Waals surface area (Å²) < 4.78 is 0. The molecule has 1 saturated heterocycles. The molecule has 24 heavy (non-hydrogen) atoms. The van der Waals surface area contributed by atoms with E-state index in [1.54, 1.807) is 6.20 Å². The molecule has 0 saturated carbocycles. The van der Waals surface area contributed by atoms with Crippen molar-refractivity contribution in [2.24, 2.45) is 10.9 Å². The summed E-state index contributed by atoms with van der Waals surface area (Å²) in [6.45, 7) is 13.0. The Morgan fingerprint density at radius 2 is 2.08 bits per heavy atom. The molecule has 1 rings (SSSR count). The number of halogens is 1. The van der Waals surface area contributed by atoms with E-state index in [-0.39, 0.29) is 0 Å². The molecule has 138 valence electrons. The number of allylic oxidation sites excluding steroid dienone is 3. The minimum atomic E-state index is 0.572.